The zero-order valence-electron chi connectivity index (χ0n) is 23.4. The van der Waals surface area contributed by atoms with Gasteiger partial charge in [0.1, 0.15) is 0 Å². The highest BCUT2D eigenvalue weighted by atomic mass is 32.2. The molecule has 5 rings (SSSR count). The number of pyridine rings is 1. The van der Waals surface area contributed by atoms with E-state index in [1.165, 1.54) is 18.4 Å². The number of sulfone groups is 2. The van der Waals surface area contributed by atoms with Crippen molar-refractivity contribution in [1.29, 1.82) is 0 Å². The number of rotatable bonds is 8. The average Bonchev–Trinajstić information content (AvgIpc) is 3.74. The predicted molar refractivity (Wildman–Crippen MR) is 164 cm³/mol. The van der Waals surface area contributed by atoms with Gasteiger partial charge < -0.3 is 5.32 Å². The maximum absolute atomic E-state index is 13.3. The van der Waals surface area contributed by atoms with E-state index in [0.717, 1.165) is 46.7 Å². The first-order chi connectivity index (χ1) is 19.2. The molecule has 1 fully saturated rings. The maximum Gasteiger partial charge on any atom is 0.252 e. The summed E-state index contributed by atoms with van der Waals surface area (Å²) in [5.74, 6) is -0.228. The van der Waals surface area contributed by atoms with Crippen LogP contribution in [0.4, 0.5) is 0 Å². The van der Waals surface area contributed by atoms with Crippen LogP contribution in [0, 0.1) is 0 Å². The molecule has 0 radical (unpaired) electrons. The Hall–Kier alpha value is -3.82. The number of carbonyl (C=O) groups excluding carboxylic acids is 1. The van der Waals surface area contributed by atoms with Gasteiger partial charge in [-0.25, -0.2) is 16.8 Å². The highest BCUT2D eigenvalue weighted by Crippen LogP contribution is 2.37. The molecule has 212 valence electrons. The van der Waals surface area contributed by atoms with Gasteiger partial charge in [-0.05, 0) is 91.4 Å². The van der Waals surface area contributed by atoms with E-state index >= 15 is 0 Å². The third-order valence-electron chi connectivity index (χ3n) is 7.59. The lowest BCUT2D eigenvalue weighted by molar-refractivity contribution is -0.115. The molecule has 0 atom stereocenters. The monoisotopic (exact) mass is 588 g/mol. The van der Waals surface area contributed by atoms with Gasteiger partial charge in [-0.1, -0.05) is 36.4 Å². The van der Waals surface area contributed by atoms with Gasteiger partial charge in [0.25, 0.3) is 5.91 Å². The Balaban J connectivity index is 1.63. The fourth-order valence-electron chi connectivity index (χ4n) is 4.59. The number of carbonyl (C=O) groups is 1. The summed E-state index contributed by atoms with van der Waals surface area (Å²) in [6, 6.07) is 21.6. The van der Waals surface area contributed by atoms with E-state index in [9.17, 15) is 21.6 Å². The molecule has 3 aromatic carbocycles. The lowest BCUT2D eigenvalue weighted by atomic mass is 9.92. The standard InChI is InChI=1S/C32H32N2O5S2/c1-32(2,41(4,38)39)25-19-24-9-6-16-33-30(24)28(20-25)23-8-5-7-21(17-23)18-29(31(35)34-26-12-13-26)22-10-14-27(15-11-22)40(3,36)37/h5-11,14-20,26H,12-13H2,1-4H3,(H,34,35). The third-order valence-corrected chi connectivity index (χ3v) is 10.8. The molecule has 4 aromatic rings. The Bertz CT molecular complexity index is 1910. The van der Waals surface area contributed by atoms with Gasteiger partial charge >= 0.3 is 0 Å². The first kappa shape index (κ1) is 28.7. The number of hydrogen-bond donors (Lipinski definition) is 1. The molecule has 1 N–H and O–H groups in total. The number of benzene rings is 3. The number of amides is 1. The number of nitrogens with zero attached hydrogens (tertiary/aromatic N) is 1. The van der Waals surface area contributed by atoms with Crippen LogP contribution in [0.1, 0.15) is 43.4 Å². The van der Waals surface area contributed by atoms with E-state index in [0.29, 0.717) is 16.7 Å². The minimum Gasteiger partial charge on any atom is -0.349 e. The van der Waals surface area contributed by atoms with Crippen LogP contribution in [-0.4, -0.2) is 46.3 Å². The Morgan fingerprint density at radius 1 is 0.927 bits per heavy atom. The van der Waals surface area contributed by atoms with Gasteiger partial charge in [-0.15, -0.1) is 0 Å². The predicted octanol–water partition coefficient (Wildman–Crippen LogP) is 5.40. The molecule has 0 spiro atoms. The molecule has 9 heteroatoms. The zero-order valence-corrected chi connectivity index (χ0v) is 25.0. The minimum absolute atomic E-state index is 0.144. The first-order valence-electron chi connectivity index (χ1n) is 13.3. The average molecular weight is 589 g/mol. The SMILES string of the molecule is CC(C)(c1cc(-c2cccc(C=C(C(=O)NC3CC3)c3ccc(S(C)(=O)=O)cc3)c2)c2ncccc2c1)S(C)(=O)=O. The van der Waals surface area contributed by atoms with Crippen molar-refractivity contribution in [2.75, 3.05) is 12.5 Å². The molecule has 0 saturated heterocycles. The molecule has 0 aliphatic heterocycles. The molecule has 1 aliphatic carbocycles. The van der Waals surface area contributed by atoms with Crippen LogP contribution in [-0.2, 0) is 29.2 Å². The Morgan fingerprint density at radius 2 is 1.63 bits per heavy atom. The van der Waals surface area contributed by atoms with E-state index in [1.54, 1.807) is 38.3 Å². The number of hydrogen-bond acceptors (Lipinski definition) is 6. The van der Waals surface area contributed by atoms with E-state index in [1.807, 2.05) is 48.5 Å². The van der Waals surface area contributed by atoms with Crippen molar-refractivity contribution < 1.29 is 21.6 Å². The lowest BCUT2D eigenvalue weighted by Gasteiger charge is -2.24. The number of aromatic nitrogens is 1. The second-order valence-electron chi connectivity index (χ2n) is 11.1. The Morgan fingerprint density at radius 3 is 2.27 bits per heavy atom. The van der Waals surface area contributed by atoms with Crippen LogP contribution >= 0.6 is 0 Å². The van der Waals surface area contributed by atoms with Crippen molar-refractivity contribution in [2.45, 2.75) is 42.4 Å². The van der Waals surface area contributed by atoms with Gasteiger partial charge in [0.2, 0.25) is 0 Å². The van der Waals surface area contributed by atoms with Crippen LogP contribution in [0.15, 0.2) is 83.9 Å². The van der Waals surface area contributed by atoms with Crippen LogP contribution in [0.3, 0.4) is 0 Å². The molecule has 1 amide bonds. The third kappa shape index (κ3) is 6.11. The van der Waals surface area contributed by atoms with E-state index in [4.69, 9.17) is 0 Å². The van der Waals surface area contributed by atoms with Crippen molar-refractivity contribution >= 4 is 48.1 Å². The summed E-state index contributed by atoms with van der Waals surface area (Å²) >= 11 is 0. The molecule has 41 heavy (non-hydrogen) atoms. The van der Waals surface area contributed by atoms with Gasteiger partial charge in [-0.3, -0.25) is 9.78 Å². The van der Waals surface area contributed by atoms with Gasteiger partial charge in [0, 0.05) is 41.3 Å². The van der Waals surface area contributed by atoms with E-state index < -0.39 is 24.4 Å². The Kier molecular flexibility index (Phi) is 7.38. The van der Waals surface area contributed by atoms with Crippen molar-refractivity contribution in [1.82, 2.24) is 10.3 Å². The Labute approximate surface area is 241 Å². The second-order valence-corrected chi connectivity index (χ2v) is 15.7. The van der Waals surface area contributed by atoms with Crippen LogP contribution < -0.4 is 5.32 Å². The van der Waals surface area contributed by atoms with Crippen LogP contribution in [0.25, 0.3) is 33.7 Å². The number of nitrogens with one attached hydrogen (secondary N) is 1. The second kappa shape index (κ2) is 10.5. The molecular formula is C32H32N2O5S2. The summed E-state index contributed by atoms with van der Waals surface area (Å²) in [7, 11) is -6.79. The zero-order chi connectivity index (χ0) is 29.6. The molecule has 1 aliphatic rings. The molecule has 1 saturated carbocycles. The van der Waals surface area contributed by atoms with E-state index in [-0.39, 0.29) is 16.8 Å². The van der Waals surface area contributed by atoms with Crippen LogP contribution in [0.2, 0.25) is 0 Å². The normalized spacial score (nSPS) is 14.7. The summed E-state index contributed by atoms with van der Waals surface area (Å²) in [6.45, 7) is 3.39. The van der Waals surface area contributed by atoms with E-state index in [2.05, 4.69) is 10.3 Å². The summed E-state index contributed by atoms with van der Waals surface area (Å²) in [4.78, 5) is 18.1. The molecule has 0 bridgehead atoms. The molecule has 7 nitrogen and oxygen atoms in total. The lowest BCUT2D eigenvalue weighted by Crippen LogP contribution is -2.28. The number of fused-ring (bicyclic) bond motifs is 1. The minimum atomic E-state index is -3.42. The van der Waals surface area contributed by atoms with Crippen molar-refractivity contribution in [3.05, 3.63) is 95.7 Å². The highest BCUT2D eigenvalue weighted by molar-refractivity contribution is 7.91. The summed E-state index contributed by atoms with van der Waals surface area (Å²) in [6.07, 6.45) is 7.74. The smallest absolute Gasteiger partial charge is 0.252 e. The highest BCUT2D eigenvalue weighted by Gasteiger charge is 2.33. The topological polar surface area (TPSA) is 110 Å². The summed E-state index contributed by atoms with van der Waals surface area (Å²) < 4.78 is 48.2. The van der Waals surface area contributed by atoms with Gasteiger partial charge in [0.15, 0.2) is 19.7 Å². The molecule has 0 unspecified atom stereocenters. The molecule has 1 aromatic heterocycles. The molecule has 1 heterocycles. The fourth-order valence-corrected chi connectivity index (χ4v) is 5.77. The maximum atomic E-state index is 13.3. The molecular weight excluding hydrogens is 556 g/mol. The summed E-state index contributed by atoms with van der Waals surface area (Å²) in [5.41, 5.74) is 4.78. The summed E-state index contributed by atoms with van der Waals surface area (Å²) in [5, 5.41) is 3.86. The van der Waals surface area contributed by atoms with Crippen LogP contribution in [0.5, 0.6) is 0 Å². The first-order valence-corrected chi connectivity index (χ1v) is 17.0. The van der Waals surface area contributed by atoms with Crippen molar-refractivity contribution in [3.63, 3.8) is 0 Å². The fraction of sp³-hybridized carbons (Fsp3) is 0.250. The van der Waals surface area contributed by atoms with Crippen molar-refractivity contribution in [2.24, 2.45) is 0 Å². The van der Waals surface area contributed by atoms with Crippen molar-refractivity contribution in [3.8, 4) is 11.1 Å². The van der Waals surface area contributed by atoms with Gasteiger partial charge in [0.05, 0.1) is 15.2 Å². The van der Waals surface area contributed by atoms with Gasteiger partial charge in [-0.2, -0.15) is 0 Å². The quantitative estimate of drug-likeness (QED) is 0.218. The largest absolute Gasteiger partial charge is 0.349 e.